The second kappa shape index (κ2) is 8.92. The maximum absolute atomic E-state index is 10.4. The van der Waals surface area contributed by atoms with Gasteiger partial charge in [0.25, 0.3) is 0 Å². The minimum absolute atomic E-state index is 0.128. The number of aliphatic carboxylic acids is 1. The largest absolute Gasteiger partial charge is 0.481 e. The summed E-state index contributed by atoms with van der Waals surface area (Å²) in [4.78, 5) is 10.4. The Morgan fingerprint density at radius 2 is 1.83 bits per heavy atom. The molecule has 0 rings (SSSR count). The zero-order chi connectivity index (χ0) is 14.1. The Balaban J connectivity index is 4.21. The molecule has 3 heteroatoms. The topological polar surface area (TPSA) is 57.5 Å². The molecule has 0 aliphatic rings. The predicted molar refractivity (Wildman–Crippen MR) is 74.4 cm³/mol. The van der Waals surface area contributed by atoms with Gasteiger partial charge in [-0.15, -0.1) is 0 Å². The fraction of sp³-hybridized carbons (Fsp3) is 0.667. The SMILES string of the molecule is C=C(/C=C/[C@@H](CC[C@H](C)O)C(C)C)CCC(=O)O. The molecule has 0 aromatic rings. The molecule has 2 atom stereocenters. The Bertz CT molecular complexity index is 290. The van der Waals surface area contributed by atoms with Gasteiger partial charge in [-0.2, -0.15) is 0 Å². The monoisotopic (exact) mass is 254 g/mol. The normalized spacial score (nSPS) is 14.9. The molecule has 0 aromatic carbocycles. The Morgan fingerprint density at radius 3 is 2.28 bits per heavy atom. The Kier molecular flexibility index (Phi) is 8.38. The van der Waals surface area contributed by atoms with Gasteiger partial charge in [0.2, 0.25) is 0 Å². The quantitative estimate of drug-likeness (QED) is 0.620. The molecule has 0 radical (unpaired) electrons. The lowest BCUT2D eigenvalue weighted by Crippen LogP contribution is -2.09. The van der Waals surface area contributed by atoms with Gasteiger partial charge in [0.15, 0.2) is 0 Å². The molecular weight excluding hydrogens is 228 g/mol. The smallest absolute Gasteiger partial charge is 0.303 e. The molecule has 104 valence electrons. The van der Waals surface area contributed by atoms with Gasteiger partial charge in [0.05, 0.1) is 6.10 Å². The molecule has 2 N–H and O–H groups in total. The number of carboxylic acid groups (broad SMARTS) is 1. The summed E-state index contributed by atoms with van der Waals surface area (Å²) in [5, 5.41) is 17.9. The van der Waals surface area contributed by atoms with Crippen LogP contribution in [0, 0.1) is 11.8 Å². The first-order chi connectivity index (χ1) is 8.32. The first-order valence-electron chi connectivity index (χ1n) is 6.58. The average Bonchev–Trinajstić information content (AvgIpc) is 2.25. The molecule has 3 nitrogen and oxygen atoms in total. The lowest BCUT2D eigenvalue weighted by atomic mass is 9.89. The van der Waals surface area contributed by atoms with Crippen LogP contribution in [0.2, 0.25) is 0 Å². The van der Waals surface area contributed by atoms with Crippen molar-refractivity contribution >= 4 is 5.97 Å². The van der Waals surface area contributed by atoms with E-state index in [1.807, 2.05) is 6.08 Å². The van der Waals surface area contributed by atoms with Crippen molar-refractivity contribution in [3.63, 3.8) is 0 Å². The lowest BCUT2D eigenvalue weighted by Gasteiger charge is -2.17. The highest BCUT2D eigenvalue weighted by molar-refractivity contribution is 5.67. The highest BCUT2D eigenvalue weighted by atomic mass is 16.4. The Hall–Kier alpha value is -1.09. The van der Waals surface area contributed by atoms with E-state index in [1.54, 1.807) is 6.92 Å². The van der Waals surface area contributed by atoms with Gasteiger partial charge in [-0.3, -0.25) is 4.79 Å². The molecule has 0 fully saturated rings. The number of rotatable bonds is 9. The summed E-state index contributed by atoms with van der Waals surface area (Å²) in [6.07, 6.45) is 6.10. The van der Waals surface area contributed by atoms with E-state index >= 15 is 0 Å². The van der Waals surface area contributed by atoms with E-state index in [2.05, 4.69) is 26.5 Å². The molecular formula is C15H26O3. The van der Waals surface area contributed by atoms with E-state index in [-0.39, 0.29) is 12.5 Å². The third-order valence-corrected chi connectivity index (χ3v) is 3.01. The average molecular weight is 254 g/mol. The zero-order valence-electron chi connectivity index (χ0n) is 11.7. The van der Waals surface area contributed by atoms with Crippen LogP contribution in [-0.4, -0.2) is 22.3 Å². The van der Waals surface area contributed by atoms with E-state index in [0.717, 1.165) is 18.4 Å². The number of aliphatic hydroxyl groups excluding tert-OH is 1. The summed E-state index contributed by atoms with van der Waals surface area (Å²) in [7, 11) is 0. The molecule has 18 heavy (non-hydrogen) atoms. The van der Waals surface area contributed by atoms with Gasteiger partial charge in [0, 0.05) is 6.42 Å². The molecule has 0 saturated carbocycles. The van der Waals surface area contributed by atoms with Crippen molar-refractivity contribution in [1.82, 2.24) is 0 Å². The van der Waals surface area contributed by atoms with Crippen LogP contribution in [0.3, 0.4) is 0 Å². The number of aliphatic hydroxyl groups is 1. The van der Waals surface area contributed by atoms with Crippen molar-refractivity contribution < 1.29 is 15.0 Å². The molecule has 0 amide bonds. The summed E-state index contributed by atoms with van der Waals surface area (Å²) in [5.41, 5.74) is 0.847. The minimum Gasteiger partial charge on any atom is -0.481 e. The van der Waals surface area contributed by atoms with Crippen LogP contribution in [0.4, 0.5) is 0 Å². The number of carbonyl (C=O) groups is 1. The maximum atomic E-state index is 10.4. The third-order valence-electron chi connectivity index (χ3n) is 3.01. The van der Waals surface area contributed by atoms with Gasteiger partial charge in [-0.1, -0.05) is 38.2 Å². The first-order valence-corrected chi connectivity index (χ1v) is 6.58. The predicted octanol–water partition coefficient (Wildman–Crippen LogP) is 3.40. The fourth-order valence-electron chi connectivity index (χ4n) is 1.70. The molecule has 0 aliphatic heterocycles. The second-order valence-corrected chi connectivity index (χ2v) is 5.25. The van der Waals surface area contributed by atoms with Crippen molar-refractivity contribution in [1.29, 1.82) is 0 Å². The van der Waals surface area contributed by atoms with E-state index in [0.29, 0.717) is 18.3 Å². The summed E-state index contributed by atoms with van der Waals surface area (Å²) >= 11 is 0. The van der Waals surface area contributed by atoms with Crippen molar-refractivity contribution in [2.75, 3.05) is 0 Å². The van der Waals surface area contributed by atoms with Crippen LogP contribution in [0.15, 0.2) is 24.3 Å². The Labute approximate surface area is 110 Å². The van der Waals surface area contributed by atoms with E-state index in [1.165, 1.54) is 0 Å². The van der Waals surface area contributed by atoms with Crippen LogP contribution in [0.5, 0.6) is 0 Å². The standard InChI is InChI=1S/C15H26O3/c1-11(2)14(9-7-13(4)16)8-5-12(3)6-10-15(17)18/h5,8,11,13-14,16H,3,6-7,9-10H2,1-2,4H3,(H,17,18)/b8-5+/t13-,14-/m0/s1. The van der Waals surface area contributed by atoms with Gasteiger partial charge >= 0.3 is 5.97 Å². The number of hydrogen-bond acceptors (Lipinski definition) is 2. The lowest BCUT2D eigenvalue weighted by molar-refractivity contribution is -0.136. The molecule has 0 aromatic heterocycles. The van der Waals surface area contributed by atoms with Crippen LogP contribution in [0.25, 0.3) is 0 Å². The van der Waals surface area contributed by atoms with E-state index in [4.69, 9.17) is 5.11 Å². The van der Waals surface area contributed by atoms with Crippen molar-refractivity contribution in [3.05, 3.63) is 24.3 Å². The molecule has 0 heterocycles. The molecule has 0 bridgehead atoms. The van der Waals surface area contributed by atoms with Crippen LogP contribution in [0.1, 0.15) is 46.5 Å². The Morgan fingerprint density at radius 1 is 1.22 bits per heavy atom. The van der Waals surface area contributed by atoms with E-state index < -0.39 is 5.97 Å². The van der Waals surface area contributed by atoms with Crippen molar-refractivity contribution in [2.45, 2.75) is 52.6 Å². The van der Waals surface area contributed by atoms with Gasteiger partial charge in [-0.05, 0) is 38.0 Å². The van der Waals surface area contributed by atoms with Crippen LogP contribution < -0.4 is 0 Å². The fourth-order valence-corrected chi connectivity index (χ4v) is 1.70. The van der Waals surface area contributed by atoms with Gasteiger partial charge in [0.1, 0.15) is 0 Å². The van der Waals surface area contributed by atoms with Crippen molar-refractivity contribution in [2.24, 2.45) is 11.8 Å². The van der Waals surface area contributed by atoms with Gasteiger partial charge in [-0.25, -0.2) is 0 Å². The summed E-state index contributed by atoms with van der Waals surface area (Å²) in [6.45, 7) is 9.95. The number of carboxylic acids is 1. The zero-order valence-corrected chi connectivity index (χ0v) is 11.7. The van der Waals surface area contributed by atoms with Crippen LogP contribution >= 0.6 is 0 Å². The minimum atomic E-state index is -0.793. The van der Waals surface area contributed by atoms with E-state index in [9.17, 15) is 9.90 Å². The van der Waals surface area contributed by atoms with Crippen LogP contribution in [-0.2, 0) is 4.79 Å². The second-order valence-electron chi connectivity index (χ2n) is 5.25. The molecule has 0 spiro atoms. The highest BCUT2D eigenvalue weighted by Crippen LogP contribution is 2.21. The highest BCUT2D eigenvalue weighted by Gasteiger charge is 2.11. The number of hydrogen-bond donors (Lipinski definition) is 2. The molecule has 0 saturated heterocycles. The molecule has 0 unspecified atom stereocenters. The van der Waals surface area contributed by atoms with Gasteiger partial charge < -0.3 is 10.2 Å². The summed E-state index contributed by atoms with van der Waals surface area (Å²) in [6, 6.07) is 0. The number of allylic oxidation sites excluding steroid dienone is 3. The summed E-state index contributed by atoms with van der Waals surface area (Å²) < 4.78 is 0. The maximum Gasteiger partial charge on any atom is 0.303 e. The van der Waals surface area contributed by atoms with Crippen molar-refractivity contribution in [3.8, 4) is 0 Å². The first kappa shape index (κ1) is 16.9. The third kappa shape index (κ3) is 8.99. The molecule has 0 aliphatic carbocycles. The summed E-state index contributed by atoms with van der Waals surface area (Å²) in [5.74, 6) is 0.118.